The maximum Gasteiger partial charge on any atom is 0.143 e. The predicted octanol–water partition coefficient (Wildman–Crippen LogP) is 15.6. The lowest BCUT2D eigenvalue weighted by molar-refractivity contribution is 0.670. The zero-order valence-electron chi connectivity index (χ0n) is 29.8. The quantitative estimate of drug-likeness (QED) is 0.170. The molecule has 2 nitrogen and oxygen atoms in total. The van der Waals surface area contributed by atoms with Gasteiger partial charge in [-0.25, -0.2) is 0 Å². The van der Waals surface area contributed by atoms with E-state index in [-0.39, 0.29) is 0 Å². The third kappa shape index (κ3) is 5.32. The molecule has 11 rings (SSSR count). The summed E-state index contributed by atoms with van der Waals surface area (Å²) < 4.78 is 9.23. The van der Waals surface area contributed by atoms with E-state index in [1.807, 2.05) is 17.4 Å². The van der Waals surface area contributed by atoms with Crippen LogP contribution in [-0.4, -0.2) is 0 Å². The van der Waals surface area contributed by atoms with Crippen molar-refractivity contribution >= 4 is 81.3 Å². The van der Waals surface area contributed by atoms with E-state index in [0.29, 0.717) is 0 Å². The second-order valence-electron chi connectivity index (χ2n) is 14.1. The fraction of sp³-hybridized carbons (Fsp3) is 0. The number of anilines is 3. The summed E-state index contributed by atoms with van der Waals surface area (Å²) in [4.78, 5) is 2.41. The molecule has 3 heteroatoms. The molecule has 2 aromatic heterocycles. The number of nitrogens with zero attached hydrogens (tertiary/aromatic N) is 1. The molecule has 2 heterocycles. The van der Waals surface area contributed by atoms with Gasteiger partial charge < -0.3 is 9.32 Å². The highest BCUT2D eigenvalue weighted by Crippen LogP contribution is 2.46. The van der Waals surface area contributed by atoms with Gasteiger partial charge in [0.1, 0.15) is 11.2 Å². The number of furan rings is 1. The van der Waals surface area contributed by atoms with Gasteiger partial charge >= 0.3 is 0 Å². The molecule has 0 aliphatic rings. The summed E-state index contributed by atoms with van der Waals surface area (Å²) in [5.74, 6) is 0. The lowest BCUT2D eigenvalue weighted by atomic mass is 9.96. The van der Waals surface area contributed by atoms with Crippen LogP contribution in [-0.2, 0) is 0 Å². The molecule has 55 heavy (non-hydrogen) atoms. The first-order valence-corrected chi connectivity index (χ1v) is 19.5. The van der Waals surface area contributed by atoms with E-state index in [1.54, 1.807) is 0 Å². The van der Waals surface area contributed by atoms with E-state index in [4.69, 9.17) is 4.42 Å². The SMILES string of the molecule is c1cc(-c2ccc3c(c2)sc2ccccc23)cc(N(c2cccc(-c3cccc4ccccc34)c2)c2ccccc2-c2cccc3c2oc2ccccc23)c1. The van der Waals surface area contributed by atoms with Crippen molar-refractivity contribution in [2.45, 2.75) is 0 Å². The molecule has 0 aliphatic heterocycles. The zero-order chi connectivity index (χ0) is 36.3. The van der Waals surface area contributed by atoms with Gasteiger partial charge in [-0.05, 0) is 81.6 Å². The summed E-state index contributed by atoms with van der Waals surface area (Å²) in [5.41, 5.74) is 11.9. The smallest absolute Gasteiger partial charge is 0.143 e. The first kappa shape index (κ1) is 31.6. The van der Waals surface area contributed by atoms with Gasteiger partial charge in [0, 0.05) is 53.4 Å². The third-order valence-electron chi connectivity index (χ3n) is 10.9. The van der Waals surface area contributed by atoms with Crippen LogP contribution >= 0.6 is 11.3 Å². The molecule has 0 spiro atoms. The predicted molar refractivity (Wildman–Crippen MR) is 235 cm³/mol. The lowest BCUT2D eigenvalue weighted by Crippen LogP contribution is -2.11. The number of hydrogen-bond acceptors (Lipinski definition) is 3. The molecule has 0 N–H and O–H groups in total. The second kappa shape index (κ2) is 12.9. The third-order valence-corrected chi connectivity index (χ3v) is 12.0. The van der Waals surface area contributed by atoms with Crippen LogP contribution in [0.2, 0.25) is 0 Å². The zero-order valence-corrected chi connectivity index (χ0v) is 30.6. The molecular formula is C52H33NOS. The Balaban J connectivity index is 1.12. The van der Waals surface area contributed by atoms with E-state index in [9.17, 15) is 0 Å². The lowest BCUT2D eigenvalue weighted by Gasteiger charge is -2.29. The molecule has 11 aromatic rings. The Hall–Kier alpha value is -6.94. The van der Waals surface area contributed by atoms with Gasteiger partial charge in [-0.2, -0.15) is 0 Å². The van der Waals surface area contributed by atoms with Crippen molar-refractivity contribution in [1.29, 1.82) is 0 Å². The van der Waals surface area contributed by atoms with E-state index >= 15 is 0 Å². The highest BCUT2D eigenvalue weighted by atomic mass is 32.1. The molecule has 0 atom stereocenters. The second-order valence-corrected chi connectivity index (χ2v) is 15.2. The van der Waals surface area contributed by atoms with Crippen LogP contribution in [0.15, 0.2) is 205 Å². The Morgan fingerprint density at radius 3 is 1.87 bits per heavy atom. The summed E-state index contributed by atoms with van der Waals surface area (Å²) in [5, 5.41) is 7.34. The Labute approximate surface area is 322 Å². The van der Waals surface area contributed by atoms with Gasteiger partial charge in [-0.1, -0.05) is 152 Å². The molecule has 0 fully saturated rings. The fourth-order valence-corrected chi connectivity index (χ4v) is 9.45. The number of benzene rings is 9. The van der Waals surface area contributed by atoms with Crippen LogP contribution in [0.1, 0.15) is 0 Å². The van der Waals surface area contributed by atoms with Crippen LogP contribution in [0.25, 0.3) is 86.3 Å². The van der Waals surface area contributed by atoms with Crippen LogP contribution in [0, 0.1) is 0 Å². The molecule has 0 saturated carbocycles. The Morgan fingerprint density at radius 1 is 0.364 bits per heavy atom. The van der Waals surface area contributed by atoms with Crippen LogP contribution in [0.5, 0.6) is 0 Å². The van der Waals surface area contributed by atoms with E-state index in [1.165, 1.54) is 53.2 Å². The van der Waals surface area contributed by atoms with E-state index in [0.717, 1.165) is 50.1 Å². The molecule has 0 aliphatic carbocycles. The van der Waals surface area contributed by atoms with E-state index in [2.05, 4.69) is 199 Å². The topological polar surface area (TPSA) is 16.4 Å². The average molecular weight is 720 g/mol. The van der Waals surface area contributed by atoms with Crippen molar-refractivity contribution in [3.05, 3.63) is 200 Å². The number of fused-ring (bicyclic) bond motifs is 7. The number of para-hydroxylation sites is 3. The van der Waals surface area contributed by atoms with Crippen molar-refractivity contribution in [3.63, 3.8) is 0 Å². The van der Waals surface area contributed by atoms with Gasteiger partial charge in [-0.15, -0.1) is 11.3 Å². The normalized spacial score (nSPS) is 11.6. The van der Waals surface area contributed by atoms with Gasteiger partial charge in [0.2, 0.25) is 0 Å². The van der Waals surface area contributed by atoms with Crippen LogP contribution in [0.3, 0.4) is 0 Å². The minimum Gasteiger partial charge on any atom is -0.455 e. The molecular weight excluding hydrogens is 687 g/mol. The molecule has 0 amide bonds. The number of hydrogen-bond donors (Lipinski definition) is 0. The fourth-order valence-electron chi connectivity index (χ4n) is 8.30. The van der Waals surface area contributed by atoms with Gasteiger partial charge in [0.15, 0.2) is 0 Å². The maximum absolute atomic E-state index is 6.62. The average Bonchev–Trinajstić information content (AvgIpc) is 3.82. The monoisotopic (exact) mass is 719 g/mol. The van der Waals surface area contributed by atoms with Crippen molar-refractivity contribution < 1.29 is 4.42 Å². The largest absolute Gasteiger partial charge is 0.455 e. The van der Waals surface area contributed by atoms with E-state index < -0.39 is 0 Å². The standard InChI is InChI=1S/C52H33NOS/c1-2-19-40-34(13-1)14-11-23-41(40)37-16-10-18-39(32-37)53(38-17-9-15-35(31-38)36-29-30-45-44-22-5-8-28-50(44)55-51(45)33-36)48-26-6-3-20-42(48)46-24-12-25-47-43-21-4-7-27-49(43)54-52(46)47/h1-33H. The Morgan fingerprint density at radius 2 is 0.964 bits per heavy atom. The molecule has 0 bridgehead atoms. The van der Waals surface area contributed by atoms with Crippen molar-refractivity contribution in [3.8, 4) is 33.4 Å². The van der Waals surface area contributed by atoms with Crippen molar-refractivity contribution in [1.82, 2.24) is 0 Å². The van der Waals surface area contributed by atoms with Gasteiger partial charge in [0.05, 0.1) is 5.69 Å². The summed E-state index contributed by atoms with van der Waals surface area (Å²) in [7, 11) is 0. The molecule has 258 valence electrons. The molecule has 9 aromatic carbocycles. The Kier molecular flexibility index (Phi) is 7.39. The summed E-state index contributed by atoms with van der Waals surface area (Å²) in [6, 6.07) is 72.2. The highest BCUT2D eigenvalue weighted by molar-refractivity contribution is 7.25. The summed E-state index contributed by atoms with van der Waals surface area (Å²) in [6.45, 7) is 0. The molecule has 0 radical (unpaired) electrons. The first-order valence-electron chi connectivity index (χ1n) is 18.7. The van der Waals surface area contributed by atoms with Crippen molar-refractivity contribution in [2.75, 3.05) is 4.90 Å². The van der Waals surface area contributed by atoms with Gasteiger partial charge in [0.25, 0.3) is 0 Å². The maximum atomic E-state index is 6.62. The summed E-state index contributed by atoms with van der Waals surface area (Å²) >= 11 is 1.86. The summed E-state index contributed by atoms with van der Waals surface area (Å²) in [6.07, 6.45) is 0. The minimum atomic E-state index is 0.894. The molecule has 0 unspecified atom stereocenters. The van der Waals surface area contributed by atoms with Crippen LogP contribution in [0.4, 0.5) is 17.1 Å². The van der Waals surface area contributed by atoms with Crippen molar-refractivity contribution in [2.24, 2.45) is 0 Å². The van der Waals surface area contributed by atoms with Gasteiger partial charge in [-0.3, -0.25) is 0 Å². The number of thiophene rings is 1. The van der Waals surface area contributed by atoms with Crippen LogP contribution < -0.4 is 4.90 Å². The minimum absolute atomic E-state index is 0.894. The Bertz CT molecular complexity index is 3240. The molecule has 0 saturated heterocycles. The first-order chi connectivity index (χ1) is 27.3. The number of rotatable bonds is 6. The highest BCUT2D eigenvalue weighted by Gasteiger charge is 2.21.